The monoisotopic (exact) mass is 478 g/mol. The topological polar surface area (TPSA) is 58.2 Å². The van der Waals surface area contributed by atoms with Crippen LogP contribution in [0, 0.1) is 17.6 Å². The molecular formula is C23H25BrF2N2O2. The van der Waals surface area contributed by atoms with Gasteiger partial charge >= 0.3 is 0 Å². The molecule has 0 radical (unpaired) electrons. The standard InChI is InChI=1S/C23H25BrF2N2O2/c1-14(2)20(28-21(29)19-17(25)8-4-9-18(19)26)22(30)27-13-23(10-5-11-23)15-6-3-7-16(24)12-15/h3-4,6-9,12,14,20H,5,10-11,13H2,1-2H3,(H,27,30)(H,28,29)/t20-/m0/s1. The SMILES string of the molecule is CC(C)[C@H](NC(=O)c1c(F)cccc1F)C(=O)NCC1(c2cccc(Br)c2)CCC1. The molecule has 1 aliphatic carbocycles. The van der Waals surface area contributed by atoms with Crippen molar-refractivity contribution in [1.29, 1.82) is 0 Å². The van der Waals surface area contributed by atoms with Crippen molar-refractivity contribution in [3.05, 3.63) is 69.7 Å². The Bertz CT molecular complexity index is 924. The second-order valence-corrected chi connectivity index (χ2v) is 9.07. The van der Waals surface area contributed by atoms with Crippen LogP contribution < -0.4 is 10.6 Å². The van der Waals surface area contributed by atoms with E-state index in [-0.39, 0.29) is 17.2 Å². The average Bonchev–Trinajstić information content (AvgIpc) is 2.64. The summed E-state index contributed by atoms with van der Waals surface area (Å²) in [6.45, 7) is 3.99. The Morgan fingerprint density at radius 1 is 1.10 bits per heavy atom. The molecule has 1 saturated carbocycles. The van der Waals surface area contributed by atoms with Gasteiger partial charge in [0, 0.05) is 16.4 Å². The maximum Gasteiger partial charge on any atom is 0.257 e. The van der Waals surface area contributed by atoms with E-state index in [1.54, 1.807) is 13.8 Å². The molecule has 0 bridgehead atoms. The van der Waals surface area contributed by atoms with Gasteiger partial charge in [0.1, 0.15) is 23.2 Å². The second-order valence-electron chi connectivity index (χ2n) is 8.15. The fourth-order valence-electron chi connectivity index (χ4n) is 3.82. The molecule has 1 fully saturated rings. The molecule has 1 aliphatic rings. The lowest BCUT2D eigenvalue weighted by Gasteiger charge is -2.43. The second kappa shape index (κ2) is 9.25. The molecule has 0 spiro atoms. The first-order valence-corrected chi connectivity index (χ1v) is 10.8. The maximum absolute atomic E-state index is 13.9. The number of carbonyl (C=O) groups excluding carboxylic acids is 2. The van der Waals surface area contributed by atoms with E-state index in [9.17, 15) is 18.4 Å². The molecular weight excluding hydrogens is 454 g/mol. The van der Waals surface area contributed by atoms with E-state index < -0.39 is 29.1 Å². The summed E-state index contributed by atoms with van der Waals surface area (Å²) in [5.74, 6) is -3.48. The molecule has 30 heavy (non-hydrogen) atoms. The highest BCUT2D eigenvalue weighted by Crippen LogP contribution is 2.43. The van der Waals surface area contributed by atoms with Gasteiger partial charge in [0.25, 0.3) is 5.91 Å². The first-order chi connectivity index (χ1) is 14.2. The lowest BCUT2D eigenvalue weighted by atomic mass is 9.64. The highest BCUT2D eigenvalue weighted by atomic mass is 79.9. The van der Waals surface area contributed by atoms with E-state index in [2.05, 4.69) is 38.7 Å². The molecule has 0 heterocycles. The van der Waals surface area contributed by atoms with Crippen LogP contribution >= 0.6 is 15.9 Å². The van der Waals surface area contributed by atoms with E-state index in [1.165, 1.54) is 6.07 Å². The number of carbonyl (C=O) groups is 2. The van der Waals surface area contributed by atoms with E-state index in [4.69, 9.17) is 0 Å². The number of amides is 2. The molecule has 2 aromatic rings. The molecule has 4 nitrogen and oxygen atoms in total. The number of rotatable bonds is 7. The van der Waals surface area contributed by atoms with Gasteiger partial charge in [-0.3, -0.25) is 9.59 Å². The van der Waals surface area contributed by atoms with Crippen LogP contribution in [-0.4, -0.2) is 24.4 Å². The fraction of sp³-hybridized carbons (Fsp3) is 0.391. The first-order valence-electron chi connectivity index (χ1n) is 10.0. The molecule has 2 N–H and O–H groups in total. The van der Waals surface area contributed by atoms with Crippen LogP contribution in [0.25, 0.3) is 0 Å². The van der Waals surface area contributed by atoms with Gasteiger partial charge in [0.05, 0.1) is 0 Å². The molecule has 160 valence electrons. The minimum atomic E-state index is -0.960. The Hall–Kier alpha value is -2.28. The highest BCUT2D eigenvalue weighted by Gasteiger charge is 2.39. The normalized spacial score (nSPS) is 15.9. The van der Waals surface area contributed by atoms with E-state index >= 15 is 0 Å². The zero-order valence-corrected chi connectivity index (χ0v) is 18.6. The van der Waals surface area contributed by atoms with E-state index in [0.29, 0.717) is 6.54 Å². The van der Waals surface area contributed by atoms with Crippen molar-refractivity contribution in [2.75, 3.05) is 6.54 Å². The van der Waals surface area contributed by atoms with Gasteiger partial charge in [-0.05, 0) is 48.6 Å². The Kier molecular flexibility index (Phi) is 6.91. The third-order valence-electron chi connectivity index (χ3n) is 5.77. The third kappa shape index (κ3) is 4.72. The van der Waals surface area contributed by atoms with Crippen molar-refractivity contribution in [1.82, 2.24) is 10.6 Å². The van der Waals surface area contributed by atoms with Crippen LogP contribution in [0.1, 0.15) is 49.0 Å². The van der Waals surface area contributed by atoms with E-state index in [1.807, 2.05) is 12.1 Å². The van der Waals surface area contributed by atoms with Gasteiger partial charge in [0.15, 0.2) is 0 Å². The summed E-state index contributed by atoms with van der Waals surface area (Å²) in [7, 11) is 0. The van der Waals surface area contributed by atoms with Crippen LogP contribution in [0.15, 0.2) is 46.9 Å². The minimum Gasteiger partial charge on any atom is -0.353 e. The Morgan fingerprint density at radius 2 is 1.73 bits per heavy atom. The van der Waals surface area contributed by atoms with Gasteiger partial charge < -0.3 is 10.6 Å². The summed E-state index contributed by atoms with van der Waals surface area (Å²) in [6.07, 6.45) is 3.01. The number of benzene rings is 2. The molecule has 0 unspecified atom stereocenters. The first kappa shape index (κ1) is 22.4. The molecule has 0 aliphatic heterocycles. The van der Waals surface area contributed by atoms with Crippen molar-refractivity contribution in [2.24, 2.45) is 5.92 Å². The van der Waals surface area contributed by atoms with Crippen LogP contribution in [-0.2, 0) is 10.2 Å². The van der Waals surface area contributed by atoms with Crippen molar-refractivity contribution in [3.63, 3.8) is 0 Å². The van der Waals surface area contributed by atoms with Crippen molar-refractivity contribution < 1.29 is 18.4 Å². The summed E-state index contributed by atoms with van der Waals surface area (Å²) in [6, 6.07) is 10.4. The Labute approximate surface area is 183 Å². The molecule has 2 aromatic carbocycles. The quantitative estimate of drug-likeness (QED) is 0.604. The third-order valence-corrected chi connectivity index (χ3v) is 6.27. The molecule has 0 saturated heterocycles. The van der Waals surface area contributed by atoms with Gasteiger partial charge in [-0.15, -0.1) is 0 Å². The minimum absolute atomic E-state index is 0.136. The number of nitrogens with one attached hydrogen (secondary N) is 2. The number of hydrogen-bond donors (Lipinski definition) is 2. The average molecular weight is 479 g/mol. The summed E-state index contributed by atoms with van der Waals surface area (Å²) in [5.41, 5.74) is 0.338. The molecule has 7 heteroatoms. The molecule has 3 rings (SSSR count). The Balaban J connectivity index is 1.71. The van der Waals surface area contributed by atoms with Crippen LogP contribution in [0.4, 0.5) is 8.78 Å². The van der Waals surface area contributed by atoms with Crippen LogP contribution in [0.5, 0.6) is 0 Å². The number of halogens is 3. The molecule has 2 amide bonds. The molecule has 1 atom stereocenters. The van der Waals surface area contributed by atoms with E-state index in [0.717, 1.165) is 41.4 Å². The highest BCUT2D eigenvalue weighted by molar-refractivity contribution is 9.10. The smallest absolute Gasteiger partial charge is 0.257 e. The predicted octanol–water partition coefficient (Wildman–Crippen LogP) is 4.72. The van der Waals surface area contributed by atoms with Gasteiger partial charge in [-0.2, -0.15) is 0 Å². The summed E-state index contributed by atoms with van der Waals surface area (Å²) in [5, 5.41) is 5.45. The Morgan fingerprint density at radius 3 is 2.27 bits per heavy atom. The summed E-state index contributed by atoms with van der Waals surface area (Å²) >= 11 is 3.50. The summed E-state index contributed by atoms with van der Waals surface area (Å²) < 4.78 is 28.8. The zero-order valence-electron chi connectivity index (χ0n) is 17.0. The largest absolute Gasteiger partial charge is 0.353 e. The fourth-order valence-corrected chi connectivity index (χ4v) is 4.22. The van der Waals surface area contributed by atoms with Gasteiger partial charge in [0.2, 0.25) is 5.91 Å². The van der Waals surface area contributed by atoms with Crippen LogP contribution in [0.2, 0.25) is 0 Å². The van der Waals surface area contributed by atoms with Gasteiger partial charge in [-0.25, -0.2) is 8.78 Å². The maximum atomic E-state index is 13.9. The van der Waals surface area contributed by atoms with Crippen molar-refractivity contribution >= 4 is 27.7 Å². The van der Waals surface area contributed by atoms with Crippen molar-refractivity contribution in [2.45, 2.75) is 44.6 Å². The molecule has 0 aromatic heterocycles. The number of hydrogen-bond acceptors (Lipinski definition) is 2. The van der Waals surface area contributed by atoms with Crippen molar-refractivity contribution in [3.8, 4) is 0 Å². The lowest BCUT2D eigenvalue weighted by Crippen LogP contribution is -2.53. The zero-order chi connectivity index (χ0) is 21.9. The summed E-state index contributed by atoms with van der Waals surface area (Å²) in [4.78, 5) is 25.3. The lowest BCUT2D eigenvalue weighted by molar-refractivity contribution is -0.124. The van der Waals surface area contributed by atoms with Gasteiger partial charge in [-0.1, -0.05) is 54.4 Å². The predicted molar refractivity (Wildman–Crippen MR) is 115 cm³/mol. The van der Waals surface area contributed by atoms with Crippen LogP contribution in [0.3, 0.4) is 0 Å².